The summed E-state index contributed by atoms with van der Waals surface area (Å²) in [7, 11) is 0. The SMILES string of the molecule is CC1=CC=CC(O)(C(C)C)C1. The van der Waals surface area contributed by atoms with Crippen molar-refractivity contribution in [2.45, 2.75) is 32.8 Å². The van der Waals surface area contributed by atoms with Crippen LogP contribution < -0.4 is 0 Å². The summed E-state index contributed by atoms with van der Waals surface area (Å²) in [6.07, 6.45) is 6.67. The van der Waals surface area contributed by atoms with Gasteiger partial charge in [-0.15, -0.1) is 0 Å². The highest BCUT2D eigenvalue weighted by Gasteiger charge is 2.29. The molecule has 0 heterocycles. The van der Waals surface area contributed by atoms with Crippen LogP contribution in [0.3, 0.4) is 0 Å². The Hall–Kier alpha value is -0.560. The fourth-order valence-corrected chi connectivity index (χ4v) is 1.34. The normalized spacial score (nSPS) is 30.8. The summed E-state index contributed by atoms with van der Waals surface area (Å²) >= 11 is 0. The van der Waals surface area contributed by atoms with Crippen molar-refractivity contribution in [1.29, 1.82) is 0 Å². The summed E-state index contributed by atoms with van der Waals surface area (Å²) in [6, 6.07) is 0. The number of hydrogen-bond acceptors (Lipinski definition) is 1. The molecule has 11 heavy (non-hydrogen) atoms. The maximum atomic E-state index is 9.99. The monoisotopic (exact) mass is 152 g/mol. The molecule has 0 amide bonds. The molecule has 0 fully saturated rings. The minimum absolute atomic E-state index is 0.294. The highest BCUT2D eigenvalue weighted by atomic mass is 16.3. The van der Waals surface area contributed by atoms with Gasteiger partial charge in [-0.05, 0) is 12.8 Å². The second kappa shape index (κ2) is 2.82. The number of rotatable bonds is 1. The van der Waals surface area contributed by atoms with Gasteiger partial charge >= 0.3 is 0 Å². The Morgan fingerprint density at radius 1 is 1.55 bits per heavy atom. The van der Waals surface area contributed by atoms with Crippen LogP contribution in [0.2, 0.25) is 0 Å². The molecule has 1 N–H and O–H groups in total. The van der Waals surface area contributed by atoms with Gasteiger partial charge in [0, 0.05) is 6.42 Å². The Balaban J connectivity index is 2.78. The van der Waals surface area contributed by atoms with E-state index in [2.05, 4.69) is 13.0 Å². The molecule has 0 aromatic heterocycles. The van der Waals surface area contributed by atoms with Gasteiger partial charge in [0.1, 0.15) is 0 Å². The molecule has 1 rings (SSSR count). The lowest BCUT2D eigenvalue weighted by Gasteiger charge is -2.31. The zero-order valence-corrected chi connectivity index (χ0v) is 7.46. The molecule has 1 aliphatic rings. The third-order valence-corrected chi connectivity index (χ3v) is 2.33. The summed E-state index contributed by atoms with van der Waals surface area (Å²) in [4.78, 5) is 0. The Kier molecular flexibility index (Phi) is 2.19. The van der Waals surface area contributed by atoms with Crippen LogP contribution in [0.25, 0.3) is 0 Å². The molecule has 0 aromatic carbocycles. The zero-order chi connectivity index (χ0) is 8.48. The molecular formula is C10H16O. The van der Waals surface area contributed by atoms with Crippen LogP contribution >= 0.6 is 0 Å². The fraction of sp³-hybridized carbons (Fsp3) is 0.600. The third kappa shape index (κ3) is 1.72. The second-order valence-electron chi connectivity index (χ2n) is 3.69. The molecule has 0 spiro atoms. The van der Waals surface area contributed by atoms with Crippen LogP contribution in [-0.2, 0) is 0 Å². The average Bonchev–Trinajstić information content (AvgIpc) is 1.86. The third-order valence-electron chi connectivity index (χ3n) is 2.33. The first-order valence-electron chi connectivity index (χ1n) is 4.12. The van der Waals surface area contributed by atoms with Crippen molar-refractivity contribution >= 4 is 0 Å². The van der Waals surface area contributed by atoms with Crippen molar-refractivity contribution in [3.63, 3.8) is 0 Å². The van der Waals surface area contributed by atoms with E-state index in [0.717, 1.165) is 6.42 Å². The number of hydrogen-bond donors (Lipinski definition) is 1. The van der Waals surface area contributed by atoms with E-state index in [0.29, 0.717) is 5.92 Å². The first-order chi connectivity index (χ1) is 5.04. The van der Waals surface area contributed by atoms with E-state index < -0.39 is 5.60 Å². The Morgan fingerprint density at radius 2 is 2.18 bits per heavy atom. The molecule has 1 unspecified atom stereocenters. The first kappa shape index (κ1) is 8.54. The summed E-state index contributed by atoms with van der Waals surface area (Å²) in [5.74, 6) is 0.294. The van der Waals surface area contributed by atoms with Gasteiger partial charge in [0.2, 0.25) is 0 Å². The van der Waals surface area contributed by atoms with Gasteiger partial charge in [-0.2, -0.15) is 0 Å². The van der Waals surface area contributed by atoms with Crippen LogP contribution in [0.4, 0.5) is 0 Å². The van der Waals surface area contributed by atoms with Gasteiger partial charge in [-0.3, -0.25) is 0 Å². The van der Waals surface area contributed by atoms with Crippen LogP contribution in [0.5, 0.6) is 0 Å². The van der Waals surface area contributed by atoms with Gasteiger partial charge in [0.25, 0.3) is 0 Å². The minimum Gasteiger partial charge on any atom is -0.385 e. The summed E-state index contributed by atoms with van der Waals surface area (Å²) in [5.41, 5.74) is 0.655. The van der Waals surface area contributed by atoms with E-state index >= 15 is 0 Å². The Bertz CT molecular complexity index is 201. The molecule has 0 saturated carbocycles. The van der Waals surface area contributed by atoms with E-state index in [1.54, 1.807) is 0 Å². The highest BCUT2D eigenvalue weighted by molar-refractivity contribution is 5.24. The smallest absolute Gasteiger partial charge is 0.0890 e. The molecule has 1 aliphatic carbocycles. The van der Waals surface area contributed by atoms with E-state index in [4.69, 9.17) is 0 Å². The van der Waals surface area contributed by atoms with Crippen molar-refractivity contribution in [3.05, 3.63) is 23.8 Å². The van der Waals surface area contributed by atoms with E-state index in [-0.39, 0.29) is 0 Å². The molecule has 62 valence electrons. The minimum atomic E-state index is -0.598. The van der Waals surface area contributed by atoms with Gasteiger partial charge in [-0.1, -0.05) is 37.6 Å². The molecule has 0 bridgehead atoms. The lowest BCUT2D eigenvalue weighted by Crippen LogP contribution is -2.33. The largest absolute Gasteiger partial charge is 0.385 e. The molecule has 0 aliphatic heterocycles. The molecule has 1 nitrogen and oxygen atoms in total. The van der Waals surface area contributed by atoms with Gasteiger partial charge in [0.15, 0.2) is 0 Å². The molecule has 1 atom stereocenters. The van der Waals surface area contributed by atoms with Crippen molar-refractivity contribution in [2.75, 3.05) is 0 Å². The summed E-state index contributed by atoms with van der Waals surface area (Å²) in [6.45, 7) is 6.14. The van der Waals surface area contributed by atoms with Crippen LogP contribution in [0.15, 0.2) is 23.8 Å². The fourth-order valence-electron chi connectivity index (χ4n) is 1.34. The topological polar surface area (TPSA) is 20.2 Å². The van der Waals surface area contributed by atoms with E-state index in [1.165, 1.54) is 5.57 Å². The molecule has 1 heteroatoms. The average molecular weight is 152 g/mol. The Morgan fingerprint density at radius 3 is 2.55 bits per heavy atom. The van der Waals surface area contributed by atoms with Gasteiger partial charge in [0.05, 0.1) is 5.60 Å². The van der Waals surface area contributed by atoms with E-state index in [1.807, 2.05) is 26.0 Å². The predicted molar refractivity (Wildman–Crippen MR) is 47.3 cm³/mol. The summed E-state index contributed by atoms with van der Waals surface area (Å²) in [5, 5.41) is 9.99. The quantitative estimate of drug-likeness (QED) is 0.611. The second-order valence-corrected chi connectivity index (χ2v) is 3.69. The van der Waals surface area contributed by atoms with Crippen molar-refractivity contribution in [1.82, 2.24) is 0 Å². The molecule has 0 saturated heterocycles. The van der Waals surface area contributed by atoms with Crippen LogP contribution in [-0.4, -0.2) is 10.7 Å². The summed E-state index contributed by atoms with van der Waals surface area (Å²) < 4.78 is 0. The first-order valence-corrected chi connectivity index (χ1v) is 4.12. The molecular weight excluding hydrogens is 136 g/mol. The number of allylic oxidation sites excluding steroid dienone is 2. The molecule has 0 radical (unpaired) electrons. The van der Waals surface area contributed by atoms with Crippen LogP contribution in [0.1, 0.15) is 27.2 Å². The Labute approximate surface area is 68.4 Å². The van der Waals surface area contributed by atoms with Gasteiger partial charge < -0.3 is 5.11 Å². The predicted octanol–water partition coefficient (Wildman–Crippen LogP) is 2.28. The highest BCUT2D eigenvalue weighted by Crippen LogP contribution is 2.29. The van der Waals surface area contributed by atoms with Gasteiger partial charge in [-0.25, -0.2) is 0 Å². The molecule has 0 aromatic rings. The maximum Gasteiger partial charge on any atom is 0.0890 e. The lowest BCUT2D eigenvalue weighted by atomic mass is 9.82. The van der Waals surface area contributed by atoms with Crippen LogP contribution in [0, 0.1) is 5.92 Å². The van der Waals surface area contributed by atoms with Crippen molar-refractivity contribution < 1.29 is 5.11 Å². The lowest BCUT2D eigenvalue weighted by molar-refractivity contribution is 0.0424. The van der Waals surface area contributed by atoms with Crippen molar-refractivity contribution in [3.8, 4) is 0 Å². The maximum absolute atomic E-state index is 9.99. The standard InChI is InChI=1S/C10H16O/c1-8(2)10(11)6-4-5-9(3)7-10/h4-6,8,11H,7H2,1-3H3. The number of aliphatic hydroxyl groups is 1. The zero-order valence-electron chi connectivity index (χ0n) is 7.46. The van der Waals surface area contributed by atoms with E-state index in [9.17, 15) is 5.11 Å². The van der Waals surface area contributed by atoms with Crippen molar-refractivity contribution in [2.24, 2.45) is 5.92 Å².